The Morgan fingerprint density at radius 2 is 1.62 bits per heavy atom. The second-order valence-electron chi connectivity index (χ2n) is 8.27. The van der Waals surface area contributed by atoms with Crippen molar-refractivity contribution in [1.29, 1.82) is 0 Å². The lowest BCUT2D eigenvalue weighted by atomic mass is 10.1. The molecule has 8 heteroatoms. The molecule has 0 saturated carbocycles. The molecule has 166 valence electrons. The van der Waals surface area contributed by atoms with E-state index in [9.17, 15) is 10.1 Å². The molecule has 0 spiro atoms. The Morgan fingerprint density at radius 1 is 0.906 bits per heavy atom. The van der Waals surface area contributed by atoms with Gasteiger partial charge in [0.25, 0.3) is 0 Å². The Kier molecular flexibility index (Phi) is 5.94. The number of nitro groups is 1. The van der Waals surface area contributed by atoms with E-state index in [0.29, 0.717) is 18.9 Å². The average molecular weight is 433 g/mol. The molecule has 32 heavy (non-hydrogen) atoms. The van der Waals surface area contributed by atoms with Gasteiger partial charge < -0.3 is 15.1 Å². The Bertz CT molecular complexity index is 1160. The predicted octanol–water partition coefficient (Wildman–Crippen LogP) is 4.69. The Labute approximate surface area is 188 Å². The van der Waals surface area contributed by atoms with Crippen LogP contribution < -0.4 is 15.1 Å². The number of anilines is 4. The summed E-state index contributed by atoms with van der Waals surface area (Å²) >= 11 is 0. The van der Waals surface area contributed by atoms with Crippen LogP contribution in [-0.2, 0) is 0 Å². The third-order valence-corrected chi connectivity index (χ3v) is 6.25. The van der Waals surface area contributed by atoms with Gasteiger partial charge in [-0.15, -0.1) is 0 Å². The smallest absolute Gasteiger partial charge is 0.353 e. The van der Waals surface area contributed by atoms with E-state index in [0.717, 1.165) is 29.9 Å². The summed E-state index contributed by atoms with van der Waals surface area (Å²) in [7, 11) is 0. The maximum atomic E-state index is 12.0. The first-order valence-corrected chi connectivity index (χ1v) is 10.7. The lowest BCUT2D eigenvalue weighted by Crippen LogP contribution is -2.47. The maximum Gasteiger partial charge on any atom is 0.353 e. The van der Waals surface area contributed by atoms with E-state index in [1.165, 1.54) is 23.1 Å². The molecule has 0 aliphatic carbocycles. The van der Waals surface area contributed by atoms with Gasteiger partial charge in [-0.1, -0.05) is 18.2 Å². The van der Waals surface area contributed by atoms with Crippen LogP contribution in [0, 0.1) is 37.8 Å². The zero-order valence-corrected chi connectivity index (χ0v) is 18.9. The molecule has 4 rings (SSSR count). The first-order chi connectivity index (χ1) is 15.3. The third kappa shape index (κ3) is 4.21. The zero-order chi connectivity index (χ0) is 22.8. The van der Waals surface area contributed by atoms with E-state index >= 15 is 0 Å². The number of aromatic nitrogens is 2. The molecule has 0 atom stereocenters. The van der Waals surface area contributed by atoms with Crippen molar-refractivity contribution in [3.63, 3.8) is 0 Å². The molecule has 8 nitrogen and oxygen atoms in total. The normalized spacial score (nSPS) is 13.9. The minimum Gasteiger partial charge on any atom is -0.368 e. The van der Waals surface area contributed by atoms with Crippen molar-refractivity contribution in [2.24, 2.45) is 0 Å². The molecule has 1 N–H and O–H groups in total. The highest BCUT2D eigenvalue weighted by molar-refractivity contribution is 5.75. The monoisotopic (exact) mass is 432 g/mol. The Hall–Kier alpha value is -3.68. The van der Waals surface area contributed by atoms with Crippen molar-refractivity contribution in [3.8, 4) is 0 Å². The van der Waals surface area contributed by atoms with Gasteiger partial charge in [-0.25, -0.2) is 9.97 Å². The quantitative estimate of drug-likeness (QED) is 0.462. The molecule has 3 aromatic rings. The minimum absolute atomic E-state index is 0.0917. The molecule has 2 aromatic carbocycles. The molecule has 0 radical (unpaired) electrons. The fourth-order valence-corrected chi connectivity index (χ4v) is 4.05. The van der Waals surface area contributed by atoms with Crippen molar-refractivity contribution in [2.75, 3.05) is 41.3 Å². The molecule has 0 amide bonds. The summed E-state index contributed by atoms with van der Waals surface area (Å²) in [4.78, 5) is 24.4. The molecule has 1 aromatic heterocycles. The fourth-order valence-electron chi connectivity index (χ4n) is 4.05. The van der Waals surface area contributed by atoms with Gasteiger partial charge in [0.15, 0.2) is 0 Å². The van der Waals surface area contributed by atoms with E-state index in [2.05, 4.69) is 52.2 Å². The lowest BCUT2D eigenvalue weighted by Gasteiger charge is -2.37. The van der Waals surface area contributed by atoms with E-state index < -0.39 is 4.92 Å². The van der Waals surface area contributed by atoms with E-state index in [1.54, 1.807) is 0 Å². The first kappa shape index (κ1) is 21.5. The van der Waals surface area contributed by atoms with Crippen molar-refractivity contribution in [3.05, 3.63) is 75.1 Å². The lowest BCUT2D eigenvalue weighted by molar-refractivity contribution is -0.383. The average Bonchev–Trinajstić information content (AvgIpc) is 2.78. The van der Waals surface area contributed by atoms with Crippen LogP contribution in [0.4, 0.5) is 28.7 Å². The summed E-state index contributed by atoms with van der Waals surface area (Å²) in [5, 5.41) is 15.1. The van der Waals surface area contributed by atoms with Gasteiger partial charge >= 0.3 is 5.69 Å². The largest absolute Gasteiger partial charge is 0.368 e. The maximum absolute atomic E-state index is 12.0. The Balaban J connectivity index is 1.57. The molecular weight excluding hydrogens is 404 g/mol. The van der Waals surface area contributed by atoms with Gasteiger partial charge in [-0.2, -0.15) is 0 Å². The number of piperazine rings is 1. The molecule has 0 unspecified atom stereocenters. The van der Waals surface area contributed by atoms with Gasteiger partial charge in [0.1, 0.15) is 6.33 Å². The number of aryl methyl sites for hydroxylation is 3. The second-order valence-corrected chi connectivity index (χ2v) is 8.27. The number of nitrogens with zero attached hydrogens (tertiary/aromatic N) is 5. The van der Waals surface area contributed by atoms with Crippen molar-refractivity contribution < 1.29 is 4.92 Å². The molecule has 1 aliphatic rings. The molecule has 2 heterocycles. The summed E-state index contributed by atoms with van der Waals surface area (Å²) in [6.07, 6.45) is 1.39. The number of rotatable bonds is 5. The first-order valence-electron chi connectivity index (χ1n) is 10.7. The second kappa shape index (κ2) is 8.82. The van der Waals surface area contributed by atoms with Crippen LogP contribution in [0.2, 0.25) is 0 Å². The van der Waals surface area contributed by atoms with Crippen LogP contribution in [0.25, 0.3) is 0 Å². The van der Waals surface area contributed by atoms with Crippen LogP contribution in [0.1, 0.15) is 22.3 Å². The van der Waals surface area contributed by atoms with Crippen LogP contribution in [0.15, 0.2) is 42.7 Å². The van der Waals surface area contributed by atoms with Crippen molar-refractivity contribution >= 4 is 28.7 Å². The minimum atomic E-state index is -0.393. The molecule has 1 saturated heterocycles. The van der Waals surface area contributed by atoms with Gasteiger partial charge in [0.05, 0.1) is 4.92 Å². The SMILES string of the molecule is Cc1ccc(Nc2ncnc(N3CCN(c4cccc(C)c4C)CC3)c2[N+](=O)[O-])cc1C. The highest BCUT2D eigenvalue weighted by Crippen LogP contribution is 2.35. The third-order valence-electron chi connectivity index (χ3n) is 6.25. The van der Waals surface area contributed by atoms with Gasteiger partial charge in [0, 0.05) is 37.6 Å². The number of benzene rings is 2. The summed E-state index contributed by atoms with van der Waals surface area (Å²) in [6.45, 7) is 11.1. The summed E-state index contributed by atoms with van der Waals surface area (Å²) < 4.78 is 0. The van der Waals surface area contributed by atoms with Crippen molar-refractivity contribution in [2.45, 2.75) is 27.7 Å². The van der Waals surface area contributed by atoms with Gasteiger partial charge in [0.2, 0.25) is 11.6 Å². The zero-order valence-electron chi connectivity index (χ0n) is 18.9. The van der Waals surface area contributed by atoms with Crippen LogP contribution >= 0.6 is 0 Å². The van der Waals surface area contributed by atoms with E-state index in [1.807, 2.05) is 36.9 Å². The fraction of sp³-hybridized carbons (Fsp3) is 0.333. The molecule has 1 aliphatic heterocycles. The summed E-state index contributed by atoms with van der Waals surface area (Å²) in [5.74, 6) is 0.567. The topological polar surface area (TPSA) is 87.4 Å². The molecule has 0 bridgehead atoms. The van der Waals surface area contributed by atoms with Crippen molar-refractivity contribution in [1.82, 2.24) is 9.97 Å². The highest BCUT2D eigenvalue weighted by atomic mass is 16.6. The van der Waals surface area contributed by atoms with E-state index in [4.69, 9.17) is 0 Å². The van der Waals surface area contributed by atoms with Gasteiger partial charge in [-0.3, -0.25) is 10.1 Å². The number of hydrogen-bond acceptors (Lipinski definition) is 7. The summed E-state index contributed by atoms with van der Waals surface area (Å²) in [5.41, 5.74) is 6.70. The predicted molar refractivity (Wildman–Crippen MR) is 128 cm³/mol. The van der Waals surface area contributed by atoms with E-state index in [-0.39, 0.29) is 11.5 Å². The molecule has 1 fully saturated rings. The van der Waals surface area contributed by atoms with Crippen LogP contribution in [-0.4, -0.2) is 41.1 Å². The van der Waals surface area contributed by atoms with Gasteiger partial charge in [-0.05, 0) is 68.1 Å². The van der Waals surface area contributed by atoms with Crippen LogP contribution in [0.3, 0.4) is 0 Å². The molecular formula is C24H28N6O2. The van der Waals surface area contributed by atoms with Crippen LogP contribution in [0.5, 0.6) is 0 Å². The number of hydrogen-bond donors (Lipinski definition) is 1. The standard InChI is InChI=1S/C24H28N6O2/c1-16-8-9-20(14-18(16)3)27-23-22(30(31)32)24(26-15-25-23)29-12-10-28(11-13-29)21-7-5-6-17(2)19(21)4/h5-9,14-15H,10-13H2,1-4H3,(H,25,26,27). The summed E-state index contributed by atoms with van der Waals surface area (Å²) in [6, 6.07) is 12.2. The Morgan fingerprint density at radius 3 is 2.31 bits per heavy atom. The highest BCUT2D eigenvalue weighted by Gasteiger charge is 2.29. The number of nitrogens with one attached hydrogen (secondary N) is 1.